The number of carboxylic acid groups (broad SMARTS) is 1. The van der Waals surface area contributed by atoms with E-state index in [9.17, 15) is 14.7 Å². The summed E-state index contributed by atoms with van der Waals surface area (Å²) in [5.41, 5.74) is 0.901. The van der Waals surface area contributed by atoms with Crippen LogP contribution in [0.1, 0.15) is 24.5 Å². The highest BCUT2D eigenvalue weighted by Gasteiger charge is 2.30. The minimum atomic E-state index is -1.05. The zero-order chi connectivity index (χ0) is 23.7. The van der Waals surface area contributed by atoms with E-state index in [0.717, 1.165) is 11.0 Å². The number of thioether (sulfide) groups is 1. The third-order valence-corrected chi connectivity index (χ3v) is 6.26. The fourth-order valence-electron chi connectivity index (χ4n) is 2.92. The minimum absolute atomic E-state index is 0.0848. The predicted octanol–water partition coefficient (Wildman–Crippen LogP) is 6.36. The number of aliphatic carboxylic acids is 1. The maximum Gasteiger partial charge on any atom is 0.412 e. The van der Waals surface area contributed by atoms with Crippen LogP contribution in [0, 0.1) is 0 Å². The molecule has 2 aromatic rings. The number of amides is 1. The number of methoxy groups -OCH3 is 1. The van der Waals surface area contributed by atoms with Crippen LogP contribution < -0.4 is 5.32 Å². The molecule has 172 valence electrons. The summed E-state index contributed by atoms with van der Waals surface area (Å²) in [6.45, 7) is 0. The third-order valence-electron chi connectivity index (χ3n) is 4.45. The van der Waals surface area contributed by atoms with E-state index in [1.54, 1.807) is 36.0 Å². The first-order valence-electron chi connectivity index (χ1n) is 9.47. The van der Waals surface area contributed by atoms with Gasteiger partial charge < -0.3 is 19.7 Å². The number of benzene rings is 2. The summed E-state index contributed by atoms with van der Waals surface area (Å²) < 4.78 is 12.3. The molecule has 3 N–H and O–H groups in total. The van der Waals surface area contributed by atoms with Gasteiger partial charge in [-0.3, -0.25) is 5.32 Å². The molecule has 0 saturated heterocycles. The molecule has 0 aromatic heterocycles. The van der Waals surface area contributed by atoms with E-state index in [0.29, 0.717) is 33.0 Å². The first kappa shape index (κ1) is 26.2. The van der Waals surface area contributed by atoms with Crippen LogP contribution >= 0.6 is 43.6 Å². The van der Waals surface area contributed by atoms with Crippen molar-refractivity contribution in [1.82, 2.24) is 0 Å². The van der Waals surface area contributed by atoms with Crippen molar-refractivity contribution in [3.63, 3.8) is 0 Å². The molecule has 0 aliphatic carbocycles. The normalized spacial score (nSPS) is 13.0. The van der Waals surface area contributed by atoms with Crippen molar-refractivity contribution < 1.29 is 29.3 Å². The van der Waals surface area contributed by atoms with Gasteiger partial charge in [0.1, 0.15) is 5.75 Å². The van der Waals surface area contributed by atoms with Crippen LogP contribution in [0.15, 0.2) is 62.4 Å². The molecule has 0 saturated carbocycles. The van der Waals surface area contributed by atoms with Crippen LogP contribution in [-0.2, 0) is 14.3 Å². The van der Waals surface area contributed by atoms with E-state index in [-0.39, 0.29) is 5.75 Å². The second kappa shape index (κ2) is 12.9. The third kappa shape index (κ3) is 7.84. The van der Waals surface area contributed by atoms with Gasteiger partial charge in [-0.25, -0.2) is 9.59 Å². The van der Waals surface area contributed by atoms with Crippen LogP contribution in [0.3, 0.4) is 0 Å². The molecule has 0 radical (unpaired) electrons. The van der Waals surface area contributed by atoms with Gasteiger partial charge in [0, 0.05) is 33.8 Å². The quantitative estimate of drug-likeness (QED) is 0.219. The second-order valence-corrected chi connectivity index (χ2v) is 9.25. The summed E-state index contributed by atoms with van der Waals surface area (Å²) in [7, 11) is 1.46. The van der Waals surface area contributed by atoms with Gasteiger partial charge in [0.2, 0.25) is 0 Å². The van der Waals surface area contributed by atoms with Crippen LogP contribution in [0.5, 0.6) is 5.75 Å². The van der Waals surface area contributed by atoms with Gasteiger partial charge >= 0.3 is 12.1 Å². The predicted molar refractivity (Wildman–Crippen MR) is 131 cm³/mol. The van der Waals surface area contributed by atoms with Crippen molar-refractivity contribution >= 4 is 61.4 Å². The summed E-state index contributed by atoms with van der Waals surface area (Å²) in [6.07, 6.45) is 2.90. The highest BCUT2D eigenvalue weighted by molar-refractivity contribution is 9.11. The van der Waals surface area contributed by atoms with Crippen molar-refractivity contribution in [3.8, 4) is 5.75 Å². The van der Waals surface area contributed by atoms with E-state index >= 15 is 0 Å². The number of phenolic OH excluding ortho intramolecular Hbond substituents is 1. The Hall–Kier alpha value is -2.01. The summed E-state index contributed by atoms with van der Waals surface area (Å²) in [4.78, 5) is 24.4. The lowest BCUT2D eigenvalue weighted by Gasteiger charge is -2.27. The summed E-state index contributed by atoms with van der Waals surface area (Å²) in [6, 6.07) is 10.6. The van der Waals surface area contributed by atoms with Gasteiger partial charge in [-0.1, -0.05) is 22.0 Å². The number of halogens is 2. The molecule has 7 nitrogen and oxygen atoms in total. The highest BCUT2D eigenvalue weighted by atomic mass is 79.9. The number of hydrogen-bond donors (Lipinski definition) is 3. The zero-order valence-electron chi connectivity index (χ0n) is 17.4. The topological polar surface area (TPSA) is 105 Å². The molecule has 0 fully saturated rings. The van der Waals surface area contributed by atoms with Gasteiger partial charge in [-0.05, 0) is 71.4 Å². The lowest BCUT2D eigenvalue weighted by atomic mass is 9.99. The number of nitrogens with one attached hydrogen (secondary N) is 1. The Labute approximate surface area is 207 Å². The van der Waals surface area contributed by atoms with Crippen LogP contribution in [-0.4, -0.2) is 41.7 Å². The molecule has 2 aromatic carbocycles. The molecule has 32 heavy (non-hydrogen) atoms. The number of carbonyl (C=O) groups is 2. The van der Waals surface area contributed by atoms with Gasteiger partial charge in [0.05, 0.1) is 10.6 Å². The van der Waals surface area contributed by atoms with Crippen molar-refractivity contribution in [2.24, 2.45) is 0 Å². The first-order chi connectivity index (χ1) is 15.2. The molecule has 0 spiro atoms. The number of allylic oxidation sites excluding steroid dienone is 1. The Morgan fingerprint density at radius 3 is 2.50 bits per heavy atom. The highest BCUT2D eigenvalue weighted by Crippen LogP contribution is 2.39. The largest absolute Gasteiger partial charge is 0.506 e. The fourth-order valence-corrected chi connectivity index (χ4v) is 4.58. The Kier molecular flexibility index (Phi) is 10.6. The molecule has 0 heterocycles. The molecule has 10 heteroatoms. The smallest absolute Gasteiger partial charge is 0.412 e. The average Bonchev–Trinajstić information content (AvgIpc) is 2.75. The molecular weight excluding hydrogens is 566 g/mol. The molecule has 0 aliphatic rings. The number of carbonyl (C=O) groups excluding carboxylic acids is 1. The fraction of sp³-hybridized carbons (Fsp3) is 0.273. The van der Waals surface area contributed by atoms with Gasteiger partial charge in [-0.15, -0.1) is 11.8 Å². The van der Waals surface area contributed by atoms with E-state index in [2.05, 4.69) is 37.2 Å². The Balaban J connectivity index is 2.27. The van der Waals surface area contributed by atoms with E-state index < -0.39 is 24.3 Å². The Morgan fingerprint density at radius 2 is 1.91 bits per heavy atom. The van der Waals surface area contributed by atoms with Crippen molar-refractivity contribution in [2.45, 2.75) is 29.9 Å². The number of anilines is 1. The zero-order valence-corrected chi connectivity index (χ0v) is 21.4. The average molecular weight is 589 g/mol. The van der Waals surface area contributed by atoms with E-state index in [4.69, 9.17) is 14.6 Å². The molecular formula is C22H23Br2NO6S. The van der Waals surface area contributed by atoms with Crippen LogP contribution in [0.2, 0.25) is 0 Å². The molecule has 0 bridgehead atoms. The summed E-state index contributed by atoms with van der Waals surface area (Å²) >= 11 is 8.26. The Bertz CT molecular complexity index is 968. The lowest BCUT2D eigenvalue weighted by molar-refractivity contribution is -0.131. The molecule has 1 amide bonds. The monoisotopic (exact) mass is 587 g/mol. The number of rotatable bonds is 10. The minimum Gasteiger partial charge on any atom is -0.506 e. The Morgan fingerprint density at radius 1 is 1.22 bits per heavy atom. The maximum atomic E-state index is 12.7. The van der Waals surface area contributed by atoms with E-state index in [1.165, 1.54) is 13.2 Å². The van der Waals surface area contributed by atoms with Crippen molar-refractivity contribution in [2.75, 3.05) is 18.7 Å². The molecule has 2 atom stereocenters. The number of ether oxygens (including phenoxy) is 2. The molecule has 0 unspecified atom stereocenters. The number of aromatic hydroxyl groups is 1. The van der Waals surface area contributed by atoms with Gasteiger partial charge in [-0.2, -0.15) is 0 Å². The van der Waals surface area contributed by atoms with Gasteiger partial charge in [0.25, 0.3) is 0 Å². The van der Waals surface area contributed by atoms with Crippen LogP contribution in [0.4, 0.5) is 10.5 Å². The number of phenols is 1. The number of hydrogen-bond acceptors (Lipinski definition) is 6. The molecule has 0 aliphatic heterocycles. The first-order valence-corrected chi connectivity index (χ1v) is 12.3. The maximum absolute atomic E-state index is 12.7. The van der Waals surface area contributed by atoms with Crippen molar-refractivity contribution in [1.29, 1.82) is 0 Å². The second-order valence-electron chi connectivity index (χ2n) is 6.60. The lowest BCUT2D eigenvalue weighted by Crippen LogP contribution is -2.28. The number of carboxylic acids is 1. The van der Waals surface area contributed by atoms with Gasteiger partial charge in [0.15, 0.2) is 6.10 Å². The van der Waals surface area contributed by atoms with Crippen LogP contribution in [0.25, 0.3) is 0 Å². The standard InChI is InChI=1S/C22H23Br2NO6S/c1-30-18(5-3-4-6-19(26)27)21(16-11-13(23)12-17(24)20(16)28)31-22(29)25-14-7-9-15(32-2)10-8-14/h4,6-12,18,21,28H,3,5H2,1-2H3,(H,25,29)(H,26,27)/b6-4+/t18-,21-/m1/s1. The summed E-state index contributed by atoms with van der Waals surface area (Å²) in [5.74, 6) is -1.13. The van der Waals surface area contributed by atoms with E-state index in [1.807, 2.05) is 18.4 Å². The molecule has 2 rings (SSSR count). The SMILES string of the molecule is CO[C@H](CC/C=C/C(=O)O)[C@H](OC(=O)Nc1ccc(SC)cc1)c1cc(Br)cc(Br)c1O. The van der Waals surface area contributed by atoms with Crippen molar-refractivity contribution in [3.05, 3.63) is 63.1 Å². The summed E-state index contributed by atoms with van der Waals surface area (Å²) in [5, 5.41) is 22.1.